The largest absolute Gasteiger partial charge is 0.396 e. The molecule has 0 radical (unpaired) electrons. The van der Waals surface area contributed by atoms with Gasteiger partial charge < -0.3 is 16.0 Å². The van der Waals surface area contributed by atoms with Gasteiger partial charge in [-0.3, -0.25) is 9.89 Å². The molecule has 7 nitrogen and oxygen atoms in total. The Labute approximate surface area is 97.8 Å². The van der Waals surface area contributed by atoms with Gasteiger partial charge in [0.05, 0.1) is 17.9 Å². The van der Waals surface area contributed by atoms with Crippen molar-refractivity contribution < 1.29 is 4.79 Å². The van der Waals surface area contributed by atoms with Crippen LogP contribution in [-0.2, 0) is 0 Å². The number of rotatable bonds is 4. The maximum Gasteiger partial charge on any atom is 0.272 e. The number of carbonyl (C=O) groups excluding carboxylic acids is 1. The number of aromatic nitrogens is 4. The van der Waals surface area contributed by atoms with Crippen LogP contribution >= 0.6 is 0 Å². The zero-order valence-electron chi connectivity index (χ0n) is 9.40. The van der Waals surface area contributed by atoms with Gasteiger partial charge in [-0.2, -0.15) is 5.10 Å². The number of hydrogen-bond acceptors (Lipinski definition) is 4. The SMILES string of the molecule is CCC(NC(=O)c1[nH]ncc1N)c1ncc[nH]1. The average molecular weight is 234 g/mol. The second-order valence-electron chi connectivity index (χ2n) is 3.61. The summed E-state index contributed by atoms with van der Waals surface area (Å²) in [5, 5.41) is 9.10. The van der Waals surface area contributed by atoms with Crippen molar-refractivity contribution in [3.63, 3.8) is 0 Å². The van der Waals surface area contributed by atoms with Gasteiger partial charge in [0.1, 0.15) is 11.5 Å². The van der Waals surface area contributed by atoms with Crippen LogP contribution in [-0.4, -0.2) is 26.1 Å². The van der Waals surface area contributed by atoms with Crippen LogP contribution in [0.2, 0.25) is 0 Å². The standard InChI is InChI=1S/C10H14N6O/c1-2-7(9-12-3-4-13-9)15-10(17)8-6(11)5-14-16-8/h3-5,7H,2,11H2,1H3,(H,12,13)(H,14,16)(H,15,17). The van der Waals surface area contributed by atoms with Crippen molar-refractivity contribution in [3.05, 3.63) is 30.1 Å². The highest BCUT2D eigenvalue weighted by Crippen LogP contribution is 2.13. The first-order valence-corrected chi connectivity index (χ1v) is 5.31. The molecule has 7 heteroatoms. The minimum Gasteiger partial charge on any atom is -0.396 e. The van der Waals surface area contributed by atoms with Crippen molar-refractivity contribution in [2.45, 2.75) is 19.4 Å². The smallest absolute Gasteiger partial charge is 0.272 e. The van der Waals surface area contributed by atoms with Crippen LogP contribution in [0.5, 0.6) is 0 Å². The molecule has 17 heavy (non-hydrogen) atoms. The molecule has 1 unspecified atom stereocenters. The molecule has 0 aliphatic heterocycles. The van der Waals surface area contributed by atoms with Crippen molar-refractivity contribution in [1.29, 1.82) is 0 Å². The maximum atomic E-state index is 11.9. The number of H-pyrrole nitrogens is 2. The average Bonchev–Trinajstić information content (AvgIpc) is 2.96. The normalized spacial score (nSPS) is 12.3. The third-order valence-corrected chi connectivity index (χ3v) is 2.46. The lowest BCUT2D eigenvalue weighted by molar-refractivity contribution is 0.0929. The summed E-state index contributed by atoms with van der Waals surface area (Å²) in [6.45, 7) is 1.96. The fraction of sp³-hybridized carbons (Fsp3) is 0.300. The van der Waals surface area contributed by atoms with Gasteiger partial charge in [0, 0.05) is 12.4 Å². The number of nitrogens with two attached hydrogens (primary N) is 1. The molecule has 2 rings (SSSR count). The topological polar surface area (TPSA) is 112 Å². The van der Waals surface area contributed by atoms with Crippen molar-refractivity contribution in [1.82, 2.24) is 25.5 Å². The second kappa shape index (κ2) is 4.69. The first-order valence-electron chi connectivity index (χ1n) is 5.31. The highest BCUT2D eigenvalue weighted by atomic mass is 16.2. The molecule has 2 aromatic heterocycles. The number of nitrogens with zero attached hydrogens (tertiary/aromatic N) is 2. The van der Waals surface area contributed by atoms with Crippen molar-refractivity contribution in [2.24, 2.45) is 0 Å². The summed E-state index contributed by atoms with van der Waals surface area (Å²) in [5.74, 6) is 0.433. The Bertz CT molecular complexity index is 489. The summed E-state index contributed by atoms with van der Waals surface area (Å²) in [4.78, 5) is 19.0. The number of carbonyl (C=O) groups is 1. The molecule has 1 atom stereocenters. The van der Waals surface area contributed by atoms with E-state index in [1.165, 1.54) is 6.20 Å². The van der Waals surface area contributed by atoms with E-state index < -0.39 is 0 Å². The second-order valence-corrected chi connectivity index (χ2v) is 3.61. The minimum absolute atomic E-state index is 0.166. The van der Waals surface area contributed by atoms with E-state index in [4.69, 9.17) is 5.73 Å². The van der Waals surface area contributed by atoms with Crippen LogP contribution in [0, 0.1) is 0 Å². The Morgan fingerprint density at radius 2 is 2.47 bits per heavy atom. The van der Waals surface area contributed by atoms with E-state index in [1.807, 2.05) is 6.92 Å². The molecular weight excluding hydrogens is 220 g/mol. The first kappa shape index (κ1) is 11.2. The summed E-state index contributed by atoms with van der Waals surface area (Å²) in [7, 11) is 0. The van der Waals surface area contributed by atoms with Crippen LogP contribution in [0.25, 0.3) is 0 Å². The number of hydrogen-bond donors (Lipinski definition) is 4. The van der Waals surface area contributed by atoms with Crippen LogP contribution < -0.4 is 11.1 Å². The lowest BCUT2D eigenvalue weighted by atomic mass is 10.2. The van der Waals surface area contributed by atoms with Crippen molar-refractivity contribution in [2.75, 3.05) is 5.73 Å². The predicted molar refractivity (Wildman–Crippen MR) is 62.1 cm³/mol. The monoisotopic (exact) mass is 234 g/mol. The molecule has 0 bridgehead atoms. The minimum atomic E-state index is -0.289. The first-order chi connectivity index (χ1) is 8.22. The molecule has 0 aromatic carbocycles. The van der Waals surface area contributed by atoms with E-state index in [0.29, 0.717) is 5.69 Å². The molecule has 0 fully saturated rings. The summed E-state index contributed by atoms with van der Waals surface area (Å²) in [6, 6.07) is -0.166. The van der Waals surface area contributed by atoms with Gasteiger partial charge in [-0.25, -0.2) is 4.98 Å². The van der Waals surface area contributed by atoms with Crippen molar-refractivity contribution >= 4 is 11.6 Å². The highest BCUT2D eigenvalue weighted by molar-refractivity contribution is 5.97. The quantitative estimate of drug-likeness (QED) is 0.620. The fourth-order valence-corrected chi connectivity index (χ4v) is 1.54. The molecule has 0 spiro atoms. The Hall–Kier alpha value is -2.31. The van der Waals surface area contributed by atoms with E-state index in [9.17, 15) is 4.79 Å². The number of imidazole rings is 1. The summed E-state index contributed by atoms with van der Waals surface area (Å²) < 4.78 is 0. The number of amides is 1. The zero-order chi connectivity index (χ0) is 12.3. The molecule has 90 valence electrons. The predicted octanol–water partition coefficient (Wildman–Crippen LogP) is 0.596. The van der Waals surface area contributed by atoms with E-state index in [2.05, 4.69) is 25.5 Å². The van der Waals surface area contributed by atoms with Gasteiger partial charge in [-0.15, -0.1) is 0 Å². The molecule has 0 aliphatic carbocycles. The number of nitrogens with one attached hydrogen (secondary N) is 3. The molecule has 0 saturated carbocycles. The Balaban J connectivity index is 2.10. The Morgan fingerprint density at radius 1 is 1.65 bits per heavy atom. The molecule has 0 saturated heterocycles. The van der Waals surface area contributed by atoms with E-state index >= 15 is 0 Å². The summed E-state index contributed by atoms with van der Waals surface area (Å²) in [5.41, 5.74) is 6.20. The van der Waals surface area contributed by atoms with Gasteiger partial charge in [0.25, 0.3) is 5.91 Å². The molecule has 0 aliphatic rings. The van der Waals surface area contributed by atoms with Crippen LogP contribution in [0.15, 0.2) is 18.6 Å². The van der Waals surface area contributed by atoms with Crippen LogP contribution in [0.1, 0.15) is 35.7 Å². The van der Waals surface area contributed by atoms with Gasteiger partial charge in [-0.05, 0) is 6.42 Å². The van der Waals surface area contributed by atoms with Crippen LogP contribution in [0.4, 0.5) is 5.69 Å². The Kier molecular flexibility index (Phi) is 3.08. The molecule has 5 N–H and O–H groups in total. The lowest BCUT2D eigenvalue weighted by Crippen LogP contribution is -2.29. The zero-order valence-corrected chi connectivity index (χ0v) is 9.40. The molecule has 2 aromatic rings. The van der Waals surface area contributed by atoms with Gasteiger partial charge in [-0.1, -0.05) is 6.92 Å². The number of anilines is 1. The fourth-order valence-electron chi connectivity index (χ4n) is 1.54. The van der Waals surface area contributed by atoms with Gasteiger partial charge >= 0.3 is 0 Å². The number of nitrogen functional groups attached to an aromatic ring is 1. The number of aromatic amines is 2. The summed E-state index contributed by atoms with van der Waals surface area (Å²) >= 11 is 0. The third-order valence-electron chi connectivity index (χ3n) is 2.46. The Morgan fingerprint density at radius 3 is 3.00 bits per heavy atom. The third kappa shape index (κ3) is 2.27. The van der Waals surface area contributed by atoms with Crippen LogP contribution in [0.3, 0.4) is 0 Å². The maximum absolute atomic E-state index is 11.9. The van der Waals surface area contributed by atoms with E-state index in [0.717, 1.165) is 12.2 Å². The van der Waals surface area contributed by atoms with E-state index in [1.54, 1.807) is 12.4 Å². The van der Waals surface area contributed by atoms with Gasteiger partial charge in [0.2, 0.25) is 0 Å². The highest BCUT2D eigenvalue weighted by Gasteiger charge is 2.18. The van der Waals surface area contributed by atoms with Gasteiger partial charge in [0.15, 0.2) is 0 Å². The molecule has 1 amide bonds. The molecular formula is C10H14N6O. The van der Waals surface area contributed by atoms with E-state index in [-0.39, 0.29) is 17.6 Å². The van der Waals surface area contributed by atoms with Crippen molar-refractivity contribution in [3.8, 4) is 0 Å². The summed E-state index contributed by atoms with van der Waals surface area (Å²) in [6.07, 6.45) is 5.50. The molecule has 2 heterocycles. The lowest BCUT2D eigenvalue weighted by Gasteiger charge is -2.13.